The Hall–Kier alpha value is -3.05. The second-order valence-corrected chi connectivity index (χ2v) is 10.3. The Morgan fingerprint density at radius 2 is 1.88 bits per heavy atom. The van der Waals surface area contributed by atoms with Crippen molar-refractivity contribution in [3.63, 3.8) is 0 Å². The first-order valence-corrected chi connectivity index (χ1v) is 12.4. The second-order valence-electron chi connectivity index (χ2n) is 7.37. The van der Waals surface area contributed by atoms with E-state index in [0.29, 0.717) is 11.4 Å². The van der Waals surface area contributed by atoms with Crippen molar-refractivity contribution < 1.29 is 22.7 Å². The van der Waals surface area contributed by atoms with E-state index in [1.165, 1.54) is 20.3 Å². The van der Waals surface area contributed by atoms with Crippen molar-refractivity contribution in [2.24, 2.45) is 0 Å². The van der Waals surface area contributed by atoms with Crippen LogP contribution in [0.3, 0.4) is 0 Å². The summed E-state index contributed by atoms with van der Waals surface area (Å²) in [5.74, 6) is 0.205. The number of benzene rings is 2. The molecule has 0 atom stereocenters. The van der Waals surface area contributed by atoms with Crippen LogP contribution in [0.15, 0.2) is 41.2 Å². The molecule has 0 unspecified atom stereocenters. The lowest BCUT2D eigenvalue weighted by atomic mass is 10.2. The summed E-state index contributed by atoms with van der Waals surface area (Å²) in [5, 5.41) is 2.71. The summed E-state index contributed by atoms with van der Waals surface area (Å²) < 4.78 is 38.7. The number of amides is 1. The maximum Gasteiger partial charge on any atom is 0.308 e. The van der Waals surface area contributed by atoms with Crippen LogP contribution in [-0.2, 0) is 14.8 Å². The van der Waals surface area contributed by atoms with Gasteiger partial charge in [0.15, 0.2) is 0 Å². The minimum absolute atomic E-state index is 0.0134. The minimum Gasteiger partial charge on any atom is -0.497 e. The van der Waals surface area contributed by atoms with Gasteiger partial charge in [-0.25, -0.2) is 8.42 Å². The molecular formula is C21H25N3O6S2. The van der Waals surface area contributed by atoms with Crippen molar-refractivity contribution in [2.75, 3.05) is 36.6 Å². The van der Waals surface area contributed by atoms with Gasteiger partial charge in [0.05, 0.1) is 36.4 Å². The number of carbonyl (C=O) groups is 1. The van der Waals surface area contributed by atoms with Crippen LogP contribution in [0.2, 0.25) is 0 Å². The predicted molar refractivity (Wildman–Crippen MR) is 127 cm³/mol. The highest BCUT2D eigenvalue weighted by atomic mass is 32.2. The first-order valence-electron chi connectivity index (χ1n) is 9.69. The van der Waals surface area contributed by atoms with Gasteiger partial charge in [0.1, 0.15) is 18.0 Å². The number of hydrogen-bond acceptors (Lipinski definition) is 7. The maximum absolute atomic E-state index is 12.7. The van der Waals surface area contributed by atoms with Gasteiger partial charge < -0.3 is 14.8 Å². The van der Waals surface area contributed by atoms with Crippen LogP contribution in [0.25, 0.3) is 10.2 Å². The predicted octanol–water partition coefficient (Wildman–Crippen LogP) is 3.07. The number of sulfonamides is 1. The van der Waals surface area contributed by atoms with Gasteiger partial charge in [-0.2, -0.15) is 0 Å². The van der Waals surface area contributed by atoms with E-state index in [1.54, 1.807) is 34.9 Å². The molecule has 172 valence electrons. The number of rotatable bonds is 8. The van der Waals surface area contributed by atoms with Crippen molar-refractivity contribution in [3.8, 4) is 11.5 Å². The number of fused-ring (bicyclic) bond motifs is 1. The highest BCUT2D eigenvalue weighted by Crippen LogP contribution is 2.33. The fraction of sp³-hybridized carbons (Fsp3) is 0.333. The Balaban J connectivity index is 1.88. The number of anilines is 2. The number of ether oxygens (including phenoxy) is 2. The molecule has 0 saturated heterocycles. The molecule has 11 heteroatoms. The number of nitrogens with one attached hydrogen (secondary N) is 1. The Labute approximate surface area is 190 Å². The molecule has 32 heavy (non-hydrogen) atoms. The van der Waals surface area contributed by atoms with Crippen LogP contribution in [0.1, 0.15) is 19.9 Å². The topological polar surface area (TPSA) is 107 Å². The quantitative estimate of drug-likeness (QED) is 0.532. The molecule has 0 aliphatic carbocycles. The largest absolute Gasteiger partial charge is 0.497 e. The molecule has 0 radical (unpaired) electrons. The van der Waals surface area contributed by atoms with E-state index in [-0.39, 0.29) is 22.4 Å². The zero-order valence-corrected chi connectivity index (χ0v) is 20.0. The summed E-state index contributed by atoms with van der Waals surface area (Å²) in [6.45, 7) is 3.40. The molecule has 0 aliphatic heterocycles. The zero-order chi connectivity index (χ0) is 23.6. The fourth-order valence-electron chi connectivity index (χ4n) is 3.31. The first-order chi connectivity index (χ1) is 15.0. The molecule has 3 aromatic rings. The van der Waals surface area contributed by atoms with Crippen molar-refractivity contribution in [1.82, 2.24) is 4.57 Å². The minimum atomic E-state index is -3.79. The van der Waals surface area contributed by atoms with Gasteiger partial charge in [0.2, 0.25) is 15.9 Å². The summed E-state index contributed by atoms with van der Waals surface area (Å²) in [5.41, 5.74) is 1.47. The van der Waals surface area contributed by atoms with Crippen LogP contribution in [-0.4, -0.2) is 45.9 Å². The Bertz CT molecular complexity index is 1310. The molecule has 0 bridgehead atoms. The molecule has 9 nitrogen and oxygen atoms in total. The van der Waals surface area contributed by atoms with E-state index in [1.807, 2.05) is 13.8 Å². The Kier molecular flexibility index (Phi) is 6.79. The van der Waals surface area contributed by atoms with Gasteiger partial charge in [-0.1, -0.05) is 11.3 Å². The second kappa shape index (κ2) is 9.21. The molecule has 1 heterocycles. The number of aromatic nitrogens is 1. The van der Waals surface area contributed by atoms with Gasteiger partial charge in [0, 0.05) is 17.8 Å². The summed E-state index contributed by atoms with van der Waals surface area (Å²) >= 11 is 1.09. The summed E-state index contributed by atoms with van der Waals surface area (Å²) in [4.78, 5) is 24.9. The molecule has 0 fully saturated rings. The van der Waals surface area contributed by atoms with Gasteiger partial charge in [0.25, 0.3) is 0 Å². The van der Waals surface area contributed by atoms with Crippen LogP contribution in [0, 0.1) is 0 Å². The van der Waals surface area contributed by atoms with Crippen LogP contribution in [0.5, 0.6) is 11.5 Å². The lowest BCUT2D eigenvalue weighted by Crippen LogP contribution is -2.37. The van der Waals surface area contributed by atoms with E-state index in [4.69, 9.17) is 9.47 Å². The van der Waals surface area contributed by atoms with Crippen LogP contribution >= 0.6 is 11.3 Å². The van der Waals surface area contributed by atoms with Gasteiger partial charge >= 0.3 is 4.87 Å². The lowest BCUT2D eigenvalue weighted by molar-refractivity contribution is -0.114. The van der Waals surface area contributed by atoms with Crippen LogP contribution in [0.4, 0.5) is 11.4 Å². The van der Waals surface area contributed by atoms with Gasteiger partial charge in [-0.05, 0) is 44.2 Å². The van der Waals surface area contributed by atoms with E-state index < -0.39 is 22.5 Å². The van der Waals surface area contributed by atoms with Gasteiger partial charge in [-0.15, -0.1) is 0 Å². The Morgan fingerprint density at radius 1 is 1.16 bits per heavy atom. The molecule has 0 spiro atoms. The lowest BCUT2D eigenvalue weighted by Gasteiger charge is -2.24. The van der Waals surface area contributed by atoms with Crippen molar-refractivity contribution >= 4 is 48.9 Å². The number of methoxy groups -OCH3 is 2. The molecule has 0 saturated carbocycles. The molecule has 0 aliphatic rings. The molecule has 3 rings (SSSR count). The van der Waals surface area contributed by atoms with E-state index in [9.17, 15) is 18.0 Å². The Morgan fingerprint density at radius 3 is 2.47 bits per heavy atom. The average molecular weight is 480 g/mol. The third-order valence-electron chi connectivity index (χ3n) is 4.76. The van der Waals surface area contributed by atoms with Gasteiger partial charge in [-0.3, -0.25) is 18.5 Å². The average Bonchev–Trinajstić information content (AvgIpc) is 3.05. The summed E-state index contributed by atoms with van der Waals surface area (Å²) in [7, 11) is -0.904. The molecule has 1 aromatic heterocycles. The number of hydrogen-bond donors (Lipinski definition) is 1. The number of thiazole rings is 1. The summed E-state index contributed by atoms with van der Waals surface area (Å²) in [6.07, 6.45) is 1.02. The smallest absolute Gasteiger partial charge is 0.308 e. The highest BCUT2D eigenvalue weighted by molar-refractivity contribution is 7.92. The SMILES string of the molecule is COc1ccc(N(CC(=O)Nc2ccc3c(c2)sc(=O)n3C(C)C)S(C)(=O)=O)c(OC)c1. The van der Waals surface area contributed by atoms with E-state index in [2.05, 4.69) is 5.32 Å². The highest BCUT2D eigenvalue weighted by Gasteiger charge is 2.24. The number of nitrogens with zero attached hydrogens (tertiary/aromatic N) is 2. The van der Waals surface area contributed by atoms with Crippen molar-refractivity contribution in [3.05, 3.63) is 46.1 Å². The zero-order valence-electron chi connectivity index (χ0n) is 18.4. The third-order valence-corrected chi connectivity index (χ3v) is 6.80. The molecule has 1 N–H and O–H groups in total. The number of carbonyl (C=O) groups excluding carboxylic acids is 1. The summed E-state index contributed by atoms with van der Waals surface area (Å²) in [6, 6.07) is 9.82. The normalized spacial score (nSPS) is 11.6. The van der Waals surface area contributed by atoms with Crippen LogP contribution < -0.4 is 24.0 Å². The standard InChI is InChI=1S/C21H25N3O6S2/c1-13(2)24-17-8-6-14(10-19(17)31-21(24)26)22-20(25)12-23(32(5,27)28)16-9-7-15(29-3)11-18(16)30-4/h6-11,13H,12H2,1-5H3,(H,22,25). The van der Waals surface area contributed by atoms with E-state index >= 15 is 0 Å². The fourth-order valence-corrected chi connectivity index (χ4v) is 5.22. The van der Waals surface area contributed by atoms with Crippen molar-refractivity contribution in [1.29, 1.82) is 0 Å². The maximum atomic E-state index is 12.7. The monoisotopic (exact) mass is 479 g/mol. The molecular weight excluding hydrogens is 454 g/mol. The van der Waals surface area contributed by atoms with Crippen molar-refractivity contribution in [2.45, 2.75) is 19.9 Å². The van der Waals surface area contributed by atoms with E-state index in [0.717, 1.165) is 32.1 Å². The first kappa shape index (κ1) is 23.6. The molecule has 2 aromatic carbocycles. The third kappa shape index (κ3) is 4.89. The molecule has 1 amide bonds.